The van der Waals surface area contributed by atoms with Gasteiger partial charge in [0, 0.05) is 19.5 Å². The lowest BCUT2D eigenvalue weighted by molar-refractivity contribution is -0.291. The number of hydrogen-bond acceptors (Lipinski definition) is 8. The van der Waals surface area contributed by atoms with Crippen molar-refractivity contribution < 1.29 is 33.5 Å². The van der Waals surface area contributed by atoms with E-state index in [4.69, 9.17) is 23.9 Å². The Kier molecular flexibility index (Phi) is 7.28. The molecule has 9 heteroatoms. The zero-order valence-electron chi connectivity index (χ0n) is 20.6. The van der Waals surface area contributed by atoms with Crippen LogP contribution in [0.2, 0.25) is 0 Å². The van der Waals surface area contributed by atoms with Crippen LogP contribution in [0.25, 0.3) is 5.57 Å². The second-order valence-corrected chi connectivity index (χ2v) is 9.05. The van der Waals surface area contributed by atoms with E-state index in [2.05, 4.69) is 0 Å². The molecule has 9 nitrogen and oxygen atoms in total. The highest BCUT2D eigenvalue weighted by Gasteiger charge is 2.58. The maximum absolute atomic E-state index is 14.1. The second-order valence-electron chi connectivity index (χ2n) is 9.05. The summed E-state index contributed by atoms with van der Waals surface area (Å²) < 4.78 is 16.7. The highest BCUT2D eigenvalue weighted by molar-refractivity contribution is 6.23. The SMILES string of the molecule is CCOC(=O)OC1=C(c2c(C)cc(C)cc2C)C(=O)N(OC2CCCO2)C12CCN(OC)CC2. The Hall–Kier alpha value is -2.46. The largest absolute Gasteiger partial charge is 0.513 e. The van der Waals surface area contributed by atoms with E-state index in [1.165, 1.54) is 5.06 Å². The summed E-state index contributed by atoms with van der Waals surface area (Å²) in [5.74, 6) is -0.0597. The van der Waals surface area contributed by atoms with E-state index in [0.29, 0.717) is 44.5 Å². The van der Waals surface area contributed by atoms with Gasteiger partial charge in [0.15, 0.2) is 12.0 Å². The first-order valence-corrected chi connectivity index (χ1v) is 11.9. The molecule has 1 spiro atoms. The average molecular weight is 475 g/mol. The van der Waals surface area contributed by atoms with Crippen molar-refractivity contribution in [3.63, 3.8) is 0 Å². The van der Waals surface area contributed by atoms with E-state index >= 15 is 0 Å². The monoisotopic (exact) mass is 474 g/mol. The molecule has 4 rings (SSSR count). The Balaban J connectivity index is 1.87. The van der Waals surface area contributed by atoms with E-state index in [0.717, 1.165) is 28.7 Å². The van der Waals surface area contributed by atoms with Crippen LogP contribution in [0.15, 0.2) is 17.9 Å². The summed E-state index contributed by atoms with van der Waals surface area (Å²) in [4.78, 5) is 38.3. The number of hydroxylamine groups is 4. The summed E-state index contributed by atoms with van der Waals surface area (Å²) in [6, 6.07) is 4.04. The molecule has 3 aliphatic rings. The first-order chi connectivity index (χ1) is 16.3. The first-order valence-electron chi connectivity index (χ1n) is 11.9. The quantitative estimate of drug-likeness (QED) is 0.576. The van der Waals surface area contributed by atoms with Gasteiger partial charge < -0.3 is 19.0 Å². The third-order valence-electron chi connectivity index (χ3n) is 6.73. The van der Waals surface area contributed by atoms with E-state index in [1.807, 2.05) is 38.0 Å². The Labute approximate surface area is 200 Å². The Morgan fingerprint density at radius 3 is 2.41 bits per heavy atom. The minimum Gasteiger partial charge on any atom is -0.434 e. The van der Waals surface area contributed by atoms with Gasteiger partial charge >= 0.3 is 6.16 Å². The number of ether oxygens (including phenoxy) is 3. The smallest absolute Gasteiger partial charge is 0.434 e. The number of piperidine rings is 1. The molecule has 1 amide bonds. The first kappa shape index (κ1) is 24.7. The molecular formula is C25H34N2O7. The third kappa shape index (κ3) is 4.45. The molecule has 1 aromatic rings. The highest BCUT2D eigenvalue weighted by atomic mass is 16.8. The molecule has 3 aliphatic heterocycles. The van der Waals surface area contributed by atoms with E-state index in [-0.39, 0.29) is 18.3 Å². The number of carbonyl (C=O) groups excluding carboxylic acids is 2. The summed E-state index contributed by atoms with van der Waals surface area (Å²) in [5, 5.41) is 3.22. The Bertz CT molecular complexity index is 952. The summed E-state index contributed by atoms with van der Waals surface area (Å²) in [6.07, 6.45) is 1.11. The maximum atomic E-state index is 14.1. The van der Waals surface area contributed by atoms with E-state index < -0.39 is 18.0 Å². The number of carbonyl (C=O) groups is 2. The molecule has 0 aromatic heterocycles. The predicted molar refractivity (Wildman–Crippen MR) is 123 cm³/mol. The molecule has 2 saturated heterocycles. The average Bonchev–Trinajstić information content (AvgIpc) is 3.37. The molecule has 1 unspecified atom stereocenters. The molecule has 0 saturated carbocycles. The lowest BCUT2D eigenvalue weighted by Gasteiger charge is -2.43. The van der Waals surface area contributed by atoms with Gasteiger partial charge in [-0.15, -0.1) is 0 Å². The molecule has 1 atom stereocenters. The molecule has 186 valence electrons. The molecule has 0 radical (unpaired) electrons. The van der Waals surface area contributed by atoms with Gasteiger partial charge in [-0.25, -0.2) is 14.7 Å². The van der Waals surface area contributed by atoms with Gasteiger partial charge in [-0.3, -0.25) is 4.79 Å². The fourth-order valence-corrected chi connectivity index (χ4v) is 5.26. The fraction of sp³-hybridized carbons (Fsp3) is 0.600. The third-order valence-corrected chi connectivity index (χ3v) is 6.73. The molecule has 0 bridgehead atoms. The van der Waals surface area contributed by atoms with Crippen molar-refractivity contribution in [2.45, 2.75) is 65.2 Å². The van der Waals surface area contributed by atoms with Gasteiger partial charge in [0.1, 0.15) is 5.54 Å². The summed E-state index contributed by atoms with van der Waals surface area (Å²) >= 11 is 0. The standard InChI is InChI=1S/C25H34N2O7/c1-6-31-24(29)33-22-21(20-17(3)14-16(2)15-18(20)4)23(28)27(34-19-8-7-13-32-19)25(22)9-11-26(30-5)12-10-25/h14-15,19H,6-13H2,1-5H3. The summed E-state index contributed by atoms with van der Waals surface area (Å²) in [5.41, 5.74) is 3.05. The summed E-state index contributed by atoms with van der Waals surface area (Å²) in [7, 11) is 1.62. The van der Waals surface area contributed by atoms with Crippen LogP contribution in [0.4, 0.5) is 4.79 Å². The van der Waals surface area contributed by atoms with Crippen molar-refractivity contribution in [1.29, 1.82) is 0 Å². The number of aryl methyl sites for hydroxylation is 3. The van der Waals surface area contributed by atoms with E-state index in [1.54, 1.807) is 14.0 Å². The minimum absolute atomic E-state index is 0.165. The zero-order chi connectivity index (χ0) is 24.5. The van der Waals surface area contributed by atoms with Gasteiger partial charge in [-0.1, -0.05) is 17.7 Å². The summed E-state index contributed by atoms with van der Waals surface area (Å²) in [6.45, 7) is 9.46. The zero-order valence-corrected chi connectivity index (χ0v) is 20.6. The van der Waals surface area contributed by atoms with Crippen LogP contribution in [0.3, 0.4) is 0 Å². The molecule has 3 heterocycles. The lowest BCUT2D eigenvalue weighted by atomic mass is 9.84. The van der Waals surface area contributed by atoms with Crippen molar-refractivity contribution in [1.82, 2.24) is 10.1 Å². The van der Waals surface area contributed by atoms with Crippen LogP contribution < -0.4 is 0 Å². The molecule has 34 heavy (non-hydrogen) atoms. The molecular weight excluding hydrogens is 440 g/mol. The molecule has 1 aromatic carbocycles. The number of rotatable bonds is 6. The number of nitrogens with zero attached hydrogens (tertiary/aromatic N) is 2. The van der Waals surface area contributed by atoms with Crippen molar-refractivity contribution in [3.05, 3.63) is 40.1 Å². The van der Waals surface area contributed by atoms with Crippen molar-refractivity contribution in [2.24, 2.45) is 0 Å². The minimum atomic E-state index is -0.982. The van der Waals surface area contributed by atoms with Gasteiger partial charge in [-0.2, -0.15) is 5.06 Å². The lowest BCUT2D eigenvalue weighted by Crippen LogP contribution is -2.56. The van der Waals surface area contributed by atoms with Crippen molar-refractivity contribution in [2.75, 3.05) is 33.4 Å². The normalized spacial score (nSPS) is 22.7. The van der Waals surface area contributed by atoms with Crippen LogP contribution in [0.5, 0.6) is 0 Å². The Morgan fingerprint density at radius 1 is 1.18 bits per heavy atom. The fourth-order valence-electron chi connectivity index (χ4n) is 5.26. The predicted octanol–water partition coefficient (Wildman–Crippen LogP) is 3.80. The molecule has 2 fully saturated rings. The van der Waals surface area contributed by atoms with E-state index in [9.17, 15) is 9.59 Å². The van der Waals surface area contributed by atoms with Crippen molar-refractivity contribution >= 4 is 17.6 Å². The van der Waals surface area contributed by atoms with Gasteiger partial charge in [0.2, 0.25) is 0 Å². The number of amides is 1. The second kappa shape index (κ2) is 10.0. The van der Waals surface area contributed by atoms with Gasteiger partial charge in [-0.05, 0) is 63.6 Å². The van der Waals surface area contributed by atoms with Crippen LogP contribution >= 0.6 is 0 Å². The number of hydrogen-bond donors (Lipinski definition) is 0. The van der Waals surface area contributed by atoms with Crippen molar-refractivity contribution in [3.8, 4) is 0 Å². The Morgan fingerprint density at radius 2 is 1.85 bits per heavy atom. The topological polar surface area (TPSA) is 86.8 Å². The van der Waals surface area contributed by atoms with Crippen LogP contribution in [0.1, 0.15) is 54.9 Å². The maximum Gasteiger partial charge on any atom is 0.513 e. The molecule has 0 N–H and O–H groups in total. The highest BCUT2D eigenvalue weighted by Crippen LogP contribution is 2.49. The van der Waals surface area contributed by atoms with Crippen LogP contribution in [-0.2, 0) is 28.7 Å². The van der Waals surface area contributed by atoms with Gasteiger partial charge in [0.05, 0.1) is 25.9 Å². The van der Waals surface area contributed by atoms with Crippen LogP contribution in [0, 0.1) is 20.8 Å². The van der Waals surface area contributed by atoms with Gasteiger partial charge in [0.25, 0.3) is 5.91 Å². The number of benzene rings is 1. The molecule has 0 aliphatic carbocycles. The van der Waals surface area contributed by atoms with Crippen LogP contribution in [-0.4, -0.2) is 67.4 Å².